The number of aromatic nitrogens is 2. The highest BCUT2D eigenvalue weighted by Gasteiger charge is 2.09. The second kappa shape index (κ2) is 5.17. The summed E-state index contributed by atoms with van der Waals surface area (Å²) in [5.41, 5.74) is 3.57. The van der Waals surface area contributed by atoms with Crippen LogP contribution in [0.15, 0.2) is 53.0 Å². The number of imidazole rings is 1. The Morgan fingerprint density at radius 2 is 1.95 bits per heavy atom. The Kier molecular flexibility index (Phi) is 3.38. The van der Waals surface area contributed by atoms with Gasteiger partial charge in [0.05, 0.1) is 11.0 Å². The summed E-state index contributed by atoms with van der Waals surface area (Å²) in [5.74, 6) is 1.14. The highest BCUT2D eigenvalue weighted by Crippen LogP contribution is 2.19. The van der Waals surface area contributed by atoms with Crippen LogP contribution in [0, 0.1) is 0 Å². The largest absolute Gasteiger partial charge is 0.323 e. The predicted molar refractivity (Wildman–Crippen MR) is 82.4 cm³/mol. The molecule has 3 rings (SSSR count). The van der Waals surface area contributed by atoms with E-state index >= 15 is 0 Å². The molecule has 0 spiro atoms. The Balaban J connectivity index is 2.08. The zero-order valence-corrected chi connectivity index (χ0v) is 12.4. The SMILES string of the molecule is CCc1nc2ccccc2n1Cc1cccc(Br)c1. The van der Waals surface area contributed by atoms with Gasteiger partial charge in [-0.2, -0.15) is 0 Å². The van der Waals surface area contributed by atoms with Crippen LogP contribution in [-0.2, 0) is 13.0 Å². The van der Waals surface area contributed by atoms with E-state index < -0.39 is 0 Å². The van der Waals surface area contributed by atoms with Crippen LogP contribution in [0.25, 0.3) is 11.0 Å². The van der Waals surface area contributed by atoms with Gasteiger partial charge < -0.3 is 4.57 Å². The number of rotatable bonds is 3. The molecule has 1 aromatic heterocycles. The molecule has 2 aromatic carbocycles. The normalized spacial score (nSPS) is 11.1. The zero-order chi connectivity index (χ0) is 13.2. The minimum atomic E-state index is 0.864. The lowest BCUT2D eigenvalue weighted by molar-refractivity contribution is 0.753. The van der Waals surface area contributed by atoms with Crippen LogP contribution in [0.1, 0.15) is 18.3 Å². The number of hydrogen-bond donors (Lipinski definition) is 0. The number of benzene rings is 2. The molecule has 0 aliphatic rings. The van der Waals surface area contributed by atoms with Crippen LogP contribution in [0.3, 0.4) is 0 Å². The highest BCUT2D eigenvalue weighted by molar-refractivity contribution is 9.10. The van der Waals surface area contributed by atoms with Gasteiger partial charge >= 0.3 is 0 Å². The van der Waals surface area contributed by atoms with Gasteiger partial charge in [0.1, 0.15) is 5.82 Å². The molecule has 0 radical (unpaired) electrons. The van der Waals surface area contributed by atoms with Gasteiger partial charge in [-0.1, -0.05) is 47.1 Å². The second-order valence-electron chi connectivity index (χ2n) is 4.59. The maximum absolute atomic E-state index is 4.70. The van der Waals surface area contributed by atoms with Crippen LogP contribution >= 0.6 is 15.9 Å². The van der Waals surface area contributed by atoms with E-state index in [-0.39, 0.29) is 0 Å². The van der Waals surface area contributed by atoms with Crippen molar-refractivity contribution in [3.63, 3.8) is 0 Å². The van der Waals surface area contributed by atoms with Crippen LogP contribution in [-0.4, -0.2) is 9.55 Å². The Morgan fingerprint density at radius 1 is 1.11 bits per heavy atom. The number of hydrogen-bond acceptors (Lipinski definition) is 1. The second-order valence-corrected chi connectivity index (χ2v) is 5.50. The van der Waals surface area contributed by atoms with E-state index in [9.17, 15) is 0 Å². The van der Waals surface area contributed by atoms with Crippen LogP contribution in [0.5, 0.6) is 0 Å². The summed E-state index contributed by atoms with van der Waals surface area (Å²) in [6.07, 6.45) is 0.947. The topological polar surface area (TPSA) is 17.8 Å². The van der Waals surface area contributed by atoms with Gasteiger partial charge in [-0.05, 0) is 29.8 Å². The van der Waals surface area contributed by atoms with Gasteiger partial charge in [-0.3, -0.25) is 0 Å². The molecule has 0 amide bonds. The number of fused-ring (bicyclic) bond motifs is 1. The molecule has 3 heteroatoms. The molecule has 0 aliphatic heterocycles. The molecule has 0 aliphatic carbocycles. The fourth-order valence-electron chi connectivity index (χ4n) is 2.39. The third-order valence-electron chi connectivity index (χ3n) is 3.28. The van der Waals surface area contributed by atoms with Crippen molar-refractivity contribution in [3.05, 3.63) is 64.4 Å². The van der Waals surface area contributed by atoms with Crippen molar-refractivity contribution in [3.8, 4) is 0 Å². The summed E-state index contributed by atoms with van der Waals surface area (Å²) < 4.78 is 3.42. The van der Waals surface area contributed by atoms with E-state index in [0.29, 0.717) is 0 Å². The molecule has 3 aromatic rings. The highest BCUT2D eigenvalue weighted by atomic mass is 79.9. The third-order valence-corrected chi connectivity index (χ3v) is 3.77. The van der Waals surface area contributed by atoms with Gasteiger partial charge in [0.15, 0.2) is 0 Å². The van der Waals surface area contributed by atoms with Crippen molar-refractivity contribution in [2.24, 2.45) is 0 Å². The fourth-order valence-corrected chi connectivity index (χ4v) is 2.84. The summed E-state index contributed by atoms with van der Waals surface area (Å²) >= 11 is 3.53. The summed E-state index contributed by atoms with van der Waals surface area (Å²) in [6.45, 7) is 3.02. The van der Waals surface area contributed by atoms with Crippen LogP contribution in [0.4, 0.5) is 0 Å². The summed E-state index contributed by atoms with van der Waals surface area (Å²) in [4.78, 5) is 4.70. The lowest BCUT2D eigenvalue weighted by Gasteiger charge is -2.08. The minimum Gasteiger partial charge on any atom is -0.323 e. The molecule has 0 saturated carbocycles. The van der Waals surface area contributed by atoms with Crippen molar-refractivity contribution < 1.29 is 0 Å². The molecule has 0 atom stereocenters. The number of para-hydroxylation sites is 2. The van der Waals surface area contributed by atoms with E-state index in [1.54, 1.807) is 0 Å². The molecule has 19 heavy (non-hydrogen) atoms. The first kappa shape index (κ1) is 12.4. The van der Waals surface area contributed by atoms with E-state index in [1.165, 1.54) is 11.1 Å². The zero-order valence-electron chi connectivity index (χ0n) is 10.8. The summed E-state index contributed by atoms with van der Waals surface area (Å²) in [7, 11) is 0. The maximum Gasteiger partial charge on any atom is 0.109 e. The third kappa shape index (κ3) is 2.43. The monoisotopic (exact) mass is 314 g/mol. The molecule has 1 heterocycles. The van der Waals surface area contributed by atoms with E-state index in [2.05, 4.69) is 69.9 Å². The molecule has 96 valence electrons. The fraction of sp³-hybridized carbons (Fsp3) is 0.188. The van der Waals surface area contributed by atoms with Gasteiger partial charge in [0.25, 0.3) is 0 Å². The van der Waals surface area contributed by atoms with Crippen molar-refractivity contribution >= 4 is 27.0 Å². The molecule has 0 saturated heterocycles. The molecule has 0 N–H and O–H groups in total. The lowest BCUT2D eigenvalue weighted by Crippen LogP contribution is -2.04. The van der Waals surface area contributed by atoms with Crippen molar-refractivity contribution in [2.75, 3.05) is 0 Å². The number of nitrogens with zero attached hydrogens (tertiary/aromatic N) is 2. The lowest BCUT2D eigenvalue weighted by atomic mass is 10.2. The summed E-state index contributed by atoms with van der Waals surface area (Å²) in [6, 6.07) is 16.8. The molecule has 2 nitrogen and oxygen atoms in total. The van der Waals surface area contributed by atoms with Gasteiger partial charge in [-0.15, -0.1) is 0 Å². The van der Waals surface area contributed by atoms with E-state index in [4.69, 9.17) is 4.98 Å². The Hall–Kier alpha value is -1.61. The van der Waals surface area contributed by atoms with Crippen LogP contribution in [0.2, 0.25) is 0 Å². The van der Waals surface area contributed by atoms with Gasteiger partial charge in [-0.25, -0.2) is 4.98 Å². The molecular weight excluding hydrogens is 300 g/mol. The predicted octanol–water partition coefficient (Wildman–Crippen LogP) is 4.41. The molecular formula is C16H15BrN2. The number of aryl methyl sites for hydroxylation is 1. The average molecular weight is 315 g/mol. The first-order chi connectivity index (χ1) is 9.28. The first-order valence-electron chi connectivity index (χ1n) is 6.46. The standard InChI is InChI=1S/C16H15BrN2/c1-2-16-18-14-8-3-4-9-15(14)19(16)11-12-6-5-7-13(17)10-12/h3-10H,2,11H2,1H3. The average Bonchev–Trinajstić information content (AvgIpc) is 2.77. The summed E-state index contributed by atoms with van der Waals surface area (Å²) in [5, 5.41) is 0. The molecule has 0 bridgehead atoms. The van der Waals surface area contributed by atoms with Crippen molar-refractivity contribution in [1.29, 1.82) is 0 Å². The minimum absolute atomic E-state index is 0.864. The Bertz CT molecular complexity index is 716. The molecule has 0 fully saturated rings. The quantitative estimate of drug-likeness (QED) is 0.700. The first-order valence-corrected chi connectivity index (χ1v) is 7.26. The van der Waals surface area contributed by atoms with E-state index in [1.807, 2.05) is 6.07 Å². The maximum atomic E-state index is 4.70. The Labute approximate surface area is 121 Å². The van der Waals surface area contributed by atoms with E-state index in [0.717, 1.165) is 28.8 Å². The number of halogens is 1. The Morgan fingerprint density at radius 3 is 2.74 bits per heavy atom. The van der Waals surface area contributed by atoms with Crippen molar-refractivity contribution in [1.82, 2.24) is 9.55 Å². The molecule has 0 unspecified atom stereocenters. The van der Waals surface area contributed by atoms with Gasteiger partial charge in [0, 0.05) is 17.4 Å². The van der Waals surface area contributed by atoms with Crippen molar-refractivity contribution in [2.45, 2.75) is 19.9 Å². The van der Waals surface area contributed by atoms with Crippen LogP contribution < -0.4 is 0 Å². The van der Waals surface area contributed by atoms with Gasteiger partial charge in [0.2, 0.25) is 0 Å². The smallest absolute Gasteiger partial charge is 0.109 e.